The van der Waals surface area contributed by atoms with Crippen LogP contribution < -0.4 is 31.8 Å². The number of anilines is 2. The number of nitrogens with zero attached hydrogens (tertiary/aromatic N) is 6. The van der Waals surface area contributed by atoms with Gasteiger partial charge < -0.3 is 50.7 Å². The summed E-state index contributed by atoms with van der Waals surface area (Å²) in [5.74, 6) is 11.4. The van der Waals surface area contributed by atoms with Crippen LogP contribution in [0.25, 0.3) is 0 Å². The van der Waals surface area contributed by atoms with E-state index in [2.05, 4.69) is 68.3 Å². The van der Waals surface area contributed by atoms with E-state index in [0.717, 1.165) is 122 Å². The summed E-state index contributed by atoms with van der Waals surface area (Å²) in [7, 11) is 0. The molecule has 2 saturated heterocycles. The van der Waals surface area contributed by atoms with Crippen molar-refractivity contribution in [1.29, 1.82) is 0 Å². The first-order chi connectivity index (χ1) is 44.0. The molecule has 20 heteroatoms. The molecule has 0 radical (unpaired) electrons. The maximum Gasteiger partial charge on any atom is 0.311 e. The zero-order valence-corrected chi connectivity index (χ0v) is 55.4. The van der Waals surface area contributed by atoms with Gasteiger partial charge in [0.25, 0.3) is 0 Å². The van der Waals surface area contributed by atoms with Gasteiger partial charge in [0.1, 0.15) is 11.5 Å². The van der Waals surface area contributed by atoms with Crippen molar-refractivity contribution < 1.29 is 47.6 Å². The minimum Gasteiger partial charge on any atom is -0.427 e. The van der Waals surface area contributed by atoms with Crippen molar-refractivity contribution in [2.75, 3.05) is 89.7 Å². The van der Waals surface area contributed by atoms with Gasteiger partial charge in [-0.05, 0) is 150 Å². The maximum absolute atomic E-state index is 13.8. The number of hydrogen-bond donors (Lipinski definition) is 4. The summed E-state index contributed by atoms with van der Waals surface area (Å²) in [5, 5.41) is 14.1. The summed E-state index contributed by atoms with van der Waals surface area (Å²) in [6.45, 7) is 22.3. The van der Waals surface area contributed by atoms with E-state index in [1.54, 1.807) is 12.4 Å². The monoisotopic (exact) mass is 1250 g/mol. The third kappa shape index (κ3) is 24.4. The van der Waals surface area contributed by atoms with Crippen LogP contribution in [0.1, 0.15) is 163 Å². The van der Waals surface area contributed by atoms with E-state index < -0.39 is 11.9 Å². The second-order valence-electron chi connectivity index (χ2n) is 24.5. The molecule has 0 aliphatic carbocycles. The fourth-order valence-corrected chi connectivity index (χ4v) is 11.5. The standard InChI is InChI=1S/C71H102N10O10/c1-9-11-39-80-61(21-15-23-63(80)69(84)76-67-51(3)17-13-18-52(67)4)55-25-31-59(32-26-55)90-65(82)35-29-57(78-72)47-74-37-41-86-43-45-88-49-71(7,8)50-89-46-44-87-42-38-75-48-58(79-73)30-36-66(83)91-60-33-27-56(28-34-60)62-22-16-24-64(81(62)40-12-10-2)70(85)77-68-53(5)19-14-20-54(68)6/h13-14,17-20,25-28,31-34,47-48,61-64H,9-12,15-16,21-24,29-30,35-46,49-50,72-73H2,1-8H3,(H,76,84)(H,77,85)/b74-47?,75-48?,78-57-,79-58-. The predicted octanol–water partition coefficient (Wildman–Crippen LogP) is 11.5. The number of carbonyl (C=O) groups excluding carboxylic acids is 4. The maximum atomic E-state index is 13.8. The van der Waals surface area contributed by atoms with Crippen LogP contribution in [-0.4, -0.2) is 149 Å². The number of unbranched alkanes of at least 4 members (excludes halogenated alkanes) is 2. The van der Waals surface area contributed by atoms with Gasteiger partial charge in [0.2, 0.25) is 11.8 Å². The molecule has 4 aromatic carbocycles. The van der Waals surface area contributed by atoms with Gasteiger partial charge in [-0.25, -0.2) is 0 Å². The van der Waals surface area contributed by atoms with Gasteiger partial charge in [-0.2, -0.15) is 10.2 Å². The second kappa shape index (κ2) is 39.3. The Morgan fingerprint density at radius 2 is 0.901 bits per heavy atom. The Bertz CT molecular complexity index is 2780. The summed E-state index contributed by atoms with van der Waals surface area (Å²) in [6.07, 6.45) is 13.2. The molecule has 0 aromatic heterocycles. The third-order valence-corrected chi connectivity index (χ3v) is 16.6. The molecule has 2 amide bonds. The Morgan fingerprint density at radius 1 is 0.527 bits per heavy atom. The van der Waals surface area contributed by atoms with Crippen molar-refractivity contribution >= 4 is 59.0 Å². The number of piperidine rings is 2. The number of benzene rings is 4. The number of likely N-dealkylation sites (tertiary alicyclic amines) is 2. The first kappa shape index (κ1) is 72.9. The average molecular weight is 1260 g/mol. The Kier molecular flexibility index (Phi) is 31.4. The molecule has 91 heavy (non-hydrogen) atoms. The van der Waals surface area contributed by atoms with Crippen LogP contribution in [0.15, 0.2) is 105 Å². The largest absolute Gasteiger partial charge is 0.427 e. The molecule has 2 fully saturated rings. The van der Waals surface area contributed by atoms with E-state index in [1.807, 2.05) is 113 Å². The number of hydrazone groups is 2. The summed E-state index contributed by atoms with van der Waals surface area (Å²) >= 11 is 0. The smallest absolute Gasteiger partial charge is 0.311 e. The summed E-state index contributed by atoms with van der Waals surface area (Å²) in [4.78, 5) is 66.7. The number of carbonyl (C=O) groups is 4. The number of amides is 2. The van der Waals surface area contributed by atoms with Gasteiger partial charge in [-0.15, -0.1) is 0 Å². The molecule has 6 N–H and O–H groups in total. The number of nitrogens with two attached hydrogens (primary N) is 2. The number of nitrogens with one attached hydrogen (secondary N) is 2. The highest BCUT2D eigenvalue weighted by Crippen LogP contribution is 2.38. The summed E-state index contributed by atoms with van der Waals surface area (Å²) in [5.41, 5.74) is 8.88. The number of para-hydroxylation sites is 2. The molecule has 20 nitrogen and oxygen atoms in total. The van der Waals surface area contributed by atoms with Gasteiger partial charge in [-0.1, -0.05) is 101 Å². The van der Waals surface area contributed by atoms with Crippen molar-refractivity contribution in [2.45, 2.75) is 169 Å². The van der Waals surface area contributed by atoms with Crippen LogP contribution in [0.5, 0.6) is 11.5 Å². The fraction of sp³-hybridized carbons (Fsp3) is 0.549. The second-order valence-corrected chi connectivity index (χ2v) is 24.5. The van der Waals surface area contributed by atoms with E-state index >= 15 is 0 Å². The summed E-state index contributed by atoms with van der Waals surface area (Å²) in [6, 6.07) is 27.1. The Morgan fingerprint density at radius 3 is 1.26 bits per heavy atom. The van der Waals surface area contributed by atoms with Gasteiger partial charge in [0, 0.05) is 54.1 Å². The Balaban J connectivity index is 0.771. The highest BCUT2D eigenvalue weighted by Gasteiger charge is 2.37. The molecule has 0 spiro atoms. The van der Waals surface area contributed by atoms with Crippen LogP contribution in [0.4, 0.5) is 11.4 Å². The molecule has 0 saturated carbocycles. The zero-order valence-electron chi connectivity index (χ0n) is 55.4. The molecule has 4 unspecified atom stereocenters. The number of esters is 2. The number of aliphatic imine (C=N–C) groups is 2. The van der Waals surface area contributed by atoms with Crippen LogP contribution in [0, 0.1) is 33.1 Å². The lowest BCUT2D eigenvalue weighted by Crippen LogP contribution is -2.49. The zero-order chi connectivity index (χ0) is 65.4. The number of hydrogen-bond acceptors (Lipinski definition) is 18. The third-order valence-electron chi connectivity index (χ3n) is 16.6. The van der Waals surface area contributed by atoms with Crippen LogP contribution in [0.3, 0.4) is 0 Å². The van der Waals surface area contributed by atoms with Gasteiger partial charge in [-0.3, -0.25) is 39.0 Å². The molecule has 0 bridgehead atoms. The van der Waals surface area contributed by atoms with Gasteiger partial charge >= 0.3 is 11.9 Å². The van der Waals surface area contributed by atoms with E-state index in [0.29, 0.717) is 88.9 Å². The topological polar surface area (TPSA) is 256 Å². The number of rotatable bonds is 38. The summed E-state index contributed by atoms with van der Waals surface area (Å²) < 4.78 is 34.5. The van der Waals surface area contributed by atoms with E-state index in [-0.39, 0.29) is 67.1 Å². The highest BCUT2D eigenvalue weighted by molar-refractivity contribution is 6.31. The highest BCUT2D eigenvalue weighted by atomic mass is 16.5. The van der Waals surface area contributed by atoms with Crippen molar-refractivity contribution in [3.63, 3.8) is 0 Å². The van der Waals surface area contributed by atoms with Crippen molar-refractivity contribution in [3.8, 4) is 11.5 Å². The van der Waals surface area contributed by atoms with Crippen molar-refractivity contribution in [1.82, 2.24) is 9.80 Å². The number of aryl methyl sites for hydroxylation is 4. The molecule has 6 rings (SSSR count). The quantitative estimate of drug-likeness (QED) is 0.00813. The first-order valence-corrected chi connectivity index (χ1v) is 32.8. The molecule has 2 aliphatic heterocycles. The number of ether oxygens (including phenoxy) is 6. The Labute approximate surface area is 540 Å². The lowest BCUT2D eigenvalue weighted by molar-refractivity contribution is -0.135. The van der Waals surface area contributed by atoms with Crippen molar-refractivity contribution in [2.24, 2.45) is 37.3 Å². The molecule has 2 heterocycles. The van der Waals surface area contributed by atoms with Crippen molar-refractivity contribution in [3.05, 3.63) is 118 Å². The predicted molar refractivity (Wildman–Crippen MR) is 363 cm³/mol. The lowest BCUT2D eigenvalue weighted by atomic mass is 9.89. The van der Waals surface area contributed by atoms with E-state index in [9.17, 15) is 19.2 Å². The van der Waals surface area contributed by atoms with E-state index in [1.165, 1.54) is 0 Å². The molecule has 496 valence electrons. The lowest BCUT2D eigenvalue weighted by Gasteiger charge is -2.42. The normalized spacial score (nSPS) is 17.8. The minimum atomic E-state index is -0.406. The molecule has 2 aliphatic rings. The SMILES string of the molecule is CCCCN1C(C(=O)Nc2c(C)cccc2C)CCCC1c1ccc(OC(=O)CC/C(C=NCCOCCOCC(C)(C)COCCOCCN=C/C(CCC(=O)Oc2ccc(C3CCCC(C(=O)Nc4c(C)cccc4C)N3CCCC)cc2)=N\N)=N/N)cc1. The molecular formula is C71H102N10O10. The van der Waals surface area contributed by atoms with E-state index in [4.69, 9.17) is 40.1 Å². The first-order valence-electron chi connectivity index (χ1n) is 32.8. The average Bonchev–Trinajstić information content (AvgIpc) is 1.95. The van der Waals surface area contributed by atoms with Crippen LogP contribution in [-0.2, 0) is 38.1 Å². The minimum absolute atomic E-state index is 0.0334. The fourth-order valence-electron chi connectivity index (χ4n) is 11.5. The molecular weight excluding hydrogens is 1150 g/mol. The van der Waals surface area contributed by atoms with Gasteiger partial charge in [0.05, 0.1) is 102 Å². The Hall–Kier alpha value is -7.20. The molecule has 4 aromatic rings. The molecule has 4 atom stereocenters. The van der Waals surface area contributed by atoms with Gasteiger partial charge in [0.15, 0.2) is 0 Å². The van der Waals surface area contributed by atoms with Crippen LogP contribution in [0.2, 0.25) is 0 Å². The van der Waals surface area contributed by atoms with Crippen LogP contribution >= 0.6 is 0 Å².